The topological polar surface area (TPSA) is 47.4 Å². The molecule has 19 heavy (non-hydrogen) atoms. The first-order valence-electron chi connectivity index (χ1n) is 5.90. The Bertz CT molecular complexity index is 622. The number of hydrogen-bond donors (Lipinski definition) is 0. The number of nitrogens with zero attached hydrogens (tertiary/aromatic N) is 3. The Morgan fingerprint density at radius 2 is 2.16 bits per heavy atom. The lowest BCUT2D eigenvalue weighted by Gasteiger charge is -2.17. The van der Waals surface area contributed by atoms with Gasteiger partial charge in [0.2, 0.25) is 5.88 Å². The number of hydrogen-bond acceptors (Lipinski definition) is 3. The van der Waals surface area contributed by atoms with E-state index in [1.807, 2.05) is 25.2 Å². The highest BCUT2D eigenvalue weighted by atomic mass is 79.9. The van der Waals surface area contributed by atoms with Gasteiger partial charge in [0.1, 0.15) is 0 Å². The summed E-state index contributed by atoms with van der Waals surface area (Å²) in [5.74, 6) is 0.385. The molecule has 0 aliphatic rings. The number of fused-ring (bicyclic) bond motifs is 1. The van der Waals surface area contributed by atoms with Crippen molar-refractivity contribution in [2.24, 2.45) is 7.05 Å². The summed E-state index contributed by atoms with van der Waals surface area (Å²) < 4.78 is 8.37. The Balaban J connectivity index is 2.35. The molecule has 102 valence electrons. The zero-order valence-corrected chi connectivity index (χ0v) is 12.9. The molecule has 0 aliphatic carbocycles. The molecular weight excluding hydrogens is 310 g/mol. The molecular formula is C13H16BrN3O2. The third-order valence-electron chi connectivity index (χ3n) is 2.86. The van der Waals surface area contributed by atoms with E-state index in [0.717, 1.165) is 15.4 Å². The van der Waals surface area contributed by atoms with Crippen LogP contribution in [0.5, 0.6) is 5.88 Å². The first-order valence-corrected chi connectivity index (χ1v) is 6.69. The second-order valence-corrected chi connectivity index (χ2v) is 5.50. The molecule has 0 saturated heterocycles. The number of likely N-dealkylation sites (N-methyl/N-ethyl adjacent to an activating group) is 1. The van der Waals surface area contributed by atoms with Crippen LogP contribution in [0.4, 0.5) is 0 Å². The summed E-state index contributed by atoms with van der Waals surface area (Å²) in [6, 6.07) is 5.84. The average molecular weight is 326 g/mol. The van der Waals surface area contributed by atoms with Gasteiger partial charge in [-0.3, -0.25) is 9.48 Å². The van der Waals surface area contributed by atoms with E-state index >= 15 is 0 Å². The number of carbonyl (C=O) groups excluding carboxylic acids is 1. The Morgan fingerprint density at radius 3 is 2.79 bits per heavy atom. The van der Waals surface area contributed by atoms with Crippen molar-refractivity contribution in [3.63, 3.8) is 0 Å². The van der Waals surface area contributed by atoms with Crippen LogP contribution in [-0.2, 0) is 11.8 Å². The standard InChI is InChI=1S/C13H16BrN3O2/c1-8(13(18)16(2)3)19-12-10-7-9(14)5-6-11(10)17(4)15-12/h5-8H,1-4H3/t8-/m1/s1. The highest BCUT2D eigenvalue weighted by Gasteiger charge is 2.20. The van der Waals surface area contributed by atoms with E-state index in [4.69, 9.17) is 4.74 Å². The molecule has 5 nitrogen and oxygen atoms in total. The van der Waals surface area contributed by atoms with Gasteiger partial charge >= 0.3 is 0 Å². The number of benzene rings is 1. The third kappa shape index (κ3) is 2.73. The summed E-state index contributed by atoms with van der Waals surface area (Å²) in [7, 11) is 5.26. The second-order valence-electron chi connectivity index (χ2n) is 4.58. The van der Waals surface area contributed by atoms with Crippen molar-refractivity contribution in [2.45, 2.75) is 13.0 Å². The van der Waals surface area contributed by atoms with E-state index in [1.165, 1.54) is 4.90 Å². The van der Waals surface area contributed by atoms with Crippen molar-refractivity contribution < 1.29 is 9.53 Å². The molecule has 0 fully saturated rings. The summed E-state index contributed by atoms with van der Waals surface area (Å²) in [5.41, 5.74) is 0.961. The number of aromatic nitrogens is 2. The minimum atomic E-state index is -0.563. The molecule has 1 aromatic heterocycles. The van der Waals surface area contributed by atoms with Gasteiger partial charge < -0.3 is 9.64 Å². The van der Waals surface area contributed by atoms with Crippen LogP contribution in [0.1, 0.15) is 6.92 Å². The molecule has 1 aromatic carbocycles. The molecule has 0 bridgehead atoms. The van der Waals surface area contributed by atoms with Crippen LogP contribution in [0.3, 0.4) is 0 Å². The minimum Gasteiger partial charge on any atom is -0.463 e. The van der Waals surface area contributed by atoms with Crippen LogP contribution in [0.2, 0.25) is 0 Å². The van der Waals surface area contributed by atoms with Crippen molar-refractivity contribution in [3.8, 4) is 5.88 Å². The SMILES string of the molecule is C[C@@H](Oc1nn(C)c2ccc(Br)cc12)C(=O)N(C)C. The molecule has 2 aromatic rings. The van der Waals surface area contributed by atoms with Crippen molar-refractivity contribution >= 4 is 32.7 Å². The molecule has 6 heteroatoms. The molecule has 1 atom stereocenters. The van der Waals surface area contributed by atoms with E-state index in [1.54, 1.807) is 25.7 Å². The molecule has 0 saturated carbocycles. The Labute approximate surface area is 120 Å². The predicted octanol–water partition coefficient (Wildman–Crippen LogP) is 2.19. The minimum absolute atomic E-state index is 0.0891. The van der Waals surface area contributed by atoms with E-state index < -0.39 is 6.10 Å². The number of amides is 1. The lowest BCUT2D eigenvalue weighted by molar-refractivity contribution is -0.135. The van der Waals surface area contributed by atoms with Gasteiger partial charge in [-0.15, -0.1) is 5.10 Å². The van der Waals surface area contributed by atoms with Gasteiger partial charge in [-0.2, -0.15) is 0 Å². The summed E-state index contributed by atoms with van der Waals surface area (Å²) >= 11 is 3.43. The Hall–Kier alpha value is -1.56. The molecule has 0 aliphatic heterocycles. The number of rotatable bonds is 3. The van der Waals surface area contributed by atoms with Gasteiger partial charge in [0, 0.05) is 25.6 Å². The summed E-state index contributed by atoms with van der Waals surface area (Å²) in [6.45, 7) is 1.72. The van der Waals surface area contributed by atoms with E-state index in [-0.39, 0.29) is 5.91 Å². The van der Waals surface area contributed by atoms with Crippen LogP contribution < -0.4 is 4.74 Å². The largest absolute Gasteiger partial charge is 0.463 e. The molecule has 0 radical (unpaired) electrons. The average Bonchev–Trinajstić information content (AvgIpc) is 2.64. The zero-order valence-electron chi connectivity index (χ0n) is 11.3. The zero-order chi connectivity index (χ0) is 14.2. The van der Waals surface area contributed by atoms with E-state index in [2.05, 4.69) is 21.0 Å². The molecule has 0 N–H and O–H groups in total. The van der Waals surface area contributed by atoms with Crippen LogP contribution >= 0.6 is 15.9 Å². The smallest absolute Gasteiger partial charge is 0.262 e. The number of aryl methyl sites for hydroxylation is 1. The van der Waals surface area contributed by atoms with Crippen molar-refractivity contribution in [2.75, 3.05) is 14.1 Å². The molecule has 0 spiro atoms. The maximum atomic E-state index is 11.8. The normalized spacial score (nSPS) is 12.5. The van der Waals surface area contributed by atoms with Crippen LogP contribution in [0.25, 0.3) is 10.9 Å². The van der Waals surface area contributed by atoms with Crippen molar-refractivity contribution in [3.05, 3.63) is 22.7 Å². The Kier molecular flexibility index (Phi) is 3.80. The summed E-state index contributed by atoms with van der Waals surface area (Å²) in [6.07, 6.45) is -0.563. The van der Waals surface area contributed by atoms with E-state index in [0.29, 0.717) is 5.88 Å². The third-order valence-corrected chi connectivity index (χ3v) is 3.35. The number of ether oxygens (including phenoxy) is 1. The number of carbonyl (C=O) groups is 1. The van der Waals surface area contributed by atoms with Crippen LogP contribution in [-0.4, -0.2) is 40.8 Å². The first kappa shape index (κ1) is 13.9. The molecule has 2 rings (SSSR count). The van der Waals surface area contributed by atoms with E-state index in [9.17, 15) is 4.79 Å². The maximum absolute atomic E-state index is 11.8. The monoisotopic (exact) mass is 325 g/mol. The van der Waals surface area contributed by atoms with Gasteiger partial charge in [0.25, 0.3) is 5.91 Å². The van der Waals surface area contributed by atoms with Gasteiger partial charge in [-0.25, -0.2) is 0 Å². The fraction of sp³-hybridized carbons (Fsp3) is 0.385. The van der Waals surface area contributed by atoms with Gasteiger partial charge in [0.05, 0.1) is 10.9 Å². The fourth-order valence-electron chi connectivity index (χ4n) is 1.87. The van der Waals surface area contributed by atoms with Gasteiger partial charge in [0.15, 0.2) is 6.10 Å². The summed E-state index contributed by atoms with van der Waals surface area (Å²) in [4.78, 5) is 13.3. The lowest BCUT2D eigenvalue weighted by atomic mass is 10.2. The highest BCUT2D eigenvalue weighted by molar-refractivity contribution is 9.10. The Morgan fingerprint density at radius 1 is 1.47 bits per heavy atom. The predicted molar refractivity (Wildman–Crippen MR) is 77.2 cm³/mol. The second kappa shape index (κ2) is 5.21. The quantitative estimate of drug-likeness (QED) is 0.869. The van der Waals surface area contributed by atoms with Gasteiger partial charge in [-0.05, 0) is 25.1 Å². The molecule has 1 amide bonds. The highest BCUT2D eigenvalue weighted by Crippen LogP contribution is 2.28. The summed E-state index contributed by atoms with van der Waals surface area (Å²) in [5, 5.41) is 5.20. The first-order chi connectivity index (χ1) is 8.90. The molecule has 0 unspecified atom stereocenters. The van der Waals surface area contributed by atoms with Crippen LogP contribution in [0.15, 0.2) is 22.7 Å². The maximum Gasteiger partial charge on any atom is 0.262 e. The van der Waals surface area contributed by atoms with Crippen molar-refractivity contribution in [1.29, 1.82) is 0 Å². The number of halogens is 1. The fourth-order valence-corrected chi connectivity index (χ4v) is 2.24. The van der Waals surface area contributed by atoms with Crippen LogP contribution in [0, 0.1) is 0 Å². The van der Waals surface area contributed by atoms with Crippen molar-refractivity contribution in [1.82, 2.24) is 14.7 Å². The lowest BCUT2D eigenvalue weighted by Crippen LogP contribution is -2.35. The molecule has 1 heterocycles. The van der Waals surface area contributed by atoms with Gasteiger partial charge in [-0.1, -0.05) is 15.9 Å².